The van der Waals surface area contributed by atoms with Gasteiger partial charge in [0.25, 0.3) is 5.79 Å². The van der Waals surface area contributed by atoms with E-state index >= 15 is 0 Å². The van der Waals surface area contributed by atoms with E-state index < -0.39 is 124 Å². The standard InChI is InChI=1S/C20H36N2O16/c21-9-14(29)12(27)7(36-17(9)31)3-34-18-10(22)15(30)13(28)8(37-18)4-35-20(19(32)33)1-5(24)11(26)16(38-20)6(25)2-23/h5-18,23-31H,1-4,21-22H2,(H,32,33)/t5-,6-,7-,8-,9-,10-,11-,12-,13-,14-,15-,16-,17?,18-,20-/m1/s1. The summed E-state index contributed by atoms with van der Waals surface area (Å²) in [6.45, 7) is -2.25. The number of aliphatic hydroxyl groups excluding tert-OH is 9. The normalized spacial score (nSPS) is 49.0. The molecule has 38 heavy (non-hydrogen) atoms. The Morgan fingerprint density at radius 2 is 1.47 bits per heavy atom. The fourth-order valence-electron chi connectivity index (χ4n) is 4.41. The number of aliphatic hydroxyl groups is 9. The Labute approximate surface area is 215 Å². The minimum absolute atomic E-state index is 0.524. The van der Waals surface area contributed by atoms with Gasteiger partial charge in [-0.15, -0.1) is 0 Å². The molecule has 3 heterocycles. The predicted molar refractivity (Wildman–Crippen MR) is 116 cm³/mol. The molecule has 0 aliphatic carbocycles. The van der Waals surface area contributed by atoms with Crippen molar-refractivity contribution in [1.29, 1.82) is 0 Å². The molecule has 0 aromatic carbocycles. The Morgan fingerprint density at radius 1 is 0.895 bits per heavy atom. The van der Waals surface area contributed by atoms with E-state index in [1.54, 1.807) is 0 Å². The van der Waals surface area contributed by atoms with Gasteiger partial charge < -0.3 is 86.2 Å². The highest BCUT2D eigenvalue weighted by molar-refractivity contribution is 5.76. The van der Waals surface area contributed by atoms with E-state index in [0.29, 0.717) is 0 Å². The van der Waals surface area contributed by atoms with Gasteiger partial charge in [0.15, 0.2) is 12.6 Å². The summed E-state index contributed by atoms with van der Waals surface area (Å²) in [5.41, 5.74) is 11.4. The van der Waals surface area contributed by atoms with Crippen LogP contribution in [-0.2, 0) is 28.5 Å². The van der Waals surface area contributed by atoms with Crippen molar-refractivity contribution in [2.45, 2.75) is 97.9 Å². The summed E-state index contributed by atoms with van der Waals surface area (Å²) in [6, 6.07) is -2.64. The maximum Gasteiger partial charge on any atom is 0.364 e. The molecule has 15 atom stereocenters. The summed E-state index contributed by atoms with van der Waals surface area (Å²) >= 11 is 0. The highest BCUT2D eigenvalue weighted by atomic mass is 16.7. The number of hydrogen-bond acceptors (Lipinski definition) is 17. The van der Waals surface area contributed by atoms with E-state index in [9.17, 15) is 55.9 Å². The highest BCUT2D eigenvalue weighted by Gasteiger charge is 2.55. The van der Waals surface area contributed by atoms with Crippen LogP contribution >= 0.6 is 0 Å². The van der Waals surface area contributed by atoms with Crippen LogP contribution in [0.15, 0.2) is 0 Å². The van der Waals surface area contributed by atoms with Gasteiger partial charge in [-0.25, -0.2) is 4.79 Å². The van der Waals surface area contributed by atoms with Gasteiger partial charge in [0.2, 0.25) is 0 Å². The van der Waals surface area contributed by atoms with E-state index in [0.717, 1.165) is 0 Å². The lowest BCUT2D eigenvalue weighted by Crippen LogP contribution is -2.66. The van der Waals surface area contributed by atoms with Gasteiger partial charge in [0, 0.05) is 6.42 Å². The van der Waals surface area contributed by atoms with Crippen LogP contribution in [-0.4, -0.2) is 168 Å². The molecule has 3 aliphatic rings. The molecule has 3 rings (SSSR count). The van der Waals surface area contributed by atoms with Crippen LogP contribution in [0.25, 0.3) is 0 Å². The second-order valence-electron chi connectivity index (χ2n) is 9.52. The van der Waals surface area contributed by atoms with Crippen LogP contribution in [0.2, 0.25) is 0 Å². The fraction of sp³-hybridized carbons (Fsp3) is 0.950. The zero-order valence-electron chi connectivity index (χ0n) is 20.0. The van der Waals surface area contributed by atoms with Crippen molar-refractivity contribution in [2.24, 2.45) is 11.5 Å². The van der Waals surface area contributed by atoms with Gasteiger partial charge >= 0.3 is 5.97 Å². The Bertz CT molecular complexity index is 796. The highest BCUT2D eigenvalue weighted by Crippen LogP contribution is 2.34. The lowest BCUT2D eigenvalue weighted by molar-refractivity contribution is -0.340. The average molecular weight is 561 g/mol. The van der Waals surface area contributed by atoms with E-state index in [1.807, 2.05) is 0 Å². The van der Waals surface area contributed by atoms with Gasteiger partial charge in [-0.05, 0) is 0 Å². The molecule has 222 valence electrons. The summed E-state index contributed by atoms with van der Waals surface area (Å²) < 4.78 is 26.7. The molecule has 3 saturated heterocycles. The molecule has 3 fully saturated rings. The second-order valence-corrected chi connectivity index (χ2v) is 9.52. The van der Waals surface area contributed by atoms with Gasteiger partial charge in [0.1, 0.15) is 54.9 Å². The molecule has 0 amide bonds. The number of rotatable bonds is 9. The first kappa shape index (κ1) is 31.4. The lowest BCUT2D eigenvalue weighted by Gasteiger charge is -2.46. The fourth-order valence-corrected chi connectivity index (χ4v) is 4.41. The predicted octanol–water partition coefficient (Wildman–Crippen LogP) is -7.80. The molecule has 0 aromatic heterocycles. The van der Waals surface area contributed by atoms with Gasteiger partial charge in [0.05, 0.1) is 38.0 Å². The Morgan fingerprint density at radius 3 is 2.05 bits per heavy atom. The number of carboxylic acid groups (broad SMARTS) is 1. The third-order valence-corrected chi connectivity index (χ3v) is 6.85. The molecule has 18 heteroatoms. The summed E-state index contributed by atoms with van der Waals surface area (Å²) in [5.74, 6) is -4.43. The van der Waals surface area contributed by atoms with Crippen LogP contribution in [0.1, 0.15) is 6.42 Å². The monoisotopic (exact) mass is 560 g/mol. The zero-order valence-corrected chi connectivity index (χ0v) is 20.0. The molecule has 3 aliphatic heterocycles. The third kappa shape index (κ3) is 6.25. The van der Waals surface area contributed by atoms with Crippen LogP contribution in [0.5, 0.6) is 0 Å². The van der Waals surface area contributed by atoms with Gasteiger partial charge in [-0.1, -0.05) is 0 Å². The van der Waals surface area contributed by atoms with Crippen LogP contribution in [0.3, 0.4) is 0 Å². The van der Waals surface area contributed by atoms with Crippen molar-refractivity contribution in [1.82, 2.24) is 0 Å². The van der Waals surface area contributed by atoms with Crippen molar-refractivity contribution in [3.05, 3.63) is 0 Å². The molecular weight excluding hydrogens is 524 g/mol. The van der Waals surface area contributed by atoms with Crippen molar-refractivity contribution in [3.8, 4) is 0 Å². The SMILES string of the molecule is N[C@H]1[C@H](OC[C@H]2OC(O)[C@H](N)[C@@H](O)[C@@H]2O)O[C@H](CO[C@]2(C(=O)O)C[C@@H](O)[C@@H](O)[C@@H]([C@H](O)CO)O2)[C@@H](O)[C@@H]1O. The van der Waals surface area contributed by atoms with E-state index in [4.69, 9.17) is 35.2 Å². The summed E-state index contributed by atoms with van der Waals surface area (Å²) in [5, 5.41) is 99.6. The van der Waals surface area contributed by atoms with Gasteiger partial charge in [-0.2, -0.15) is 0 Å². The number of hydrogen-bond donors (Lipinski definition) is 12. The summed E-state index contributed by atoms with van der Waals surface area (Å²) in [4.78, 5) is 12.0. The third-order valence-electron chi connectivity index (χ3n) is 6.85. The first-order chi connectivity index (χ1) is 17.7. The minimum Gasteiger partial charge on any atom is -0.477 e. The van der Waals surface area contributed by atoms with Crippen molar-refractivity contribution >= 4 is 5.97 Å². The van der Waals surface area contributed by atoms with Crippen LogP contribution in [0.4, 0.5) is 0 Å². The quantitative estimate of drug-likeness (QED) is 0.124. The van der Waals surface area contributed by atoms with Crippen LogP contribution in [0, 0.1) is 0 Å². The molecule has 1 unspecified atom stereocenters. The van der Waals surface area contributed by atoms with E-state index in [-0.39, 0.29) is 0 Å². The second kappa shape index (κ2) is 12.6. The minimum atomic E-state index is -2.66. The molecule has 0 bridgehead atoms. The molecule has 0 saturated carbocycles. The number of carbonyl (C=O) groups is 1. The van der Waals surface area contributed by atoms with E-state index in [1.165, 1.54) is 0 Å². The average Bonchev–Trinajstić information content (AvgIpc) is 2.88. The van der Waals surface area contributed by atoms with Crippen molar-refractivity contribution in [3.63, 3.8) is 0 Å². The number of carboxylic acids is 1. The summed E-state index contributed by atoms with van der Waals surface area (Å²) in [6.07, 6.45) is -20.3. The lowest BCUT2D eigenvalue weighted by atomic mass is 9.92. The van der Waals surface area contributed by atoms with Crippen molar-refractivity contribution < 1.29 is 79.5 Å². The molecule has 18 nitrogen and oxygen atoms in total. The maximum absolute atomic E-state index is 12.0. The Kier molecular flexibility index (Phi) is 10.4. The maximum atomic E-state index is 12.0. The Hall–Kier alpha value is -1.17. The van der Waals surface area contributed by atoms with Gasteiger partial charge in [-0.3, -0.25) is 0 Å². The van der Waals surface area contributed by atoms with E-state index in [2.05, 4.69) is 0 Å². The number of aliphatic carboxylic acids is 1. The summed E-state index contributed by atoms with van der Waals surface area (Å²) in [7, 11) is 0. The molecule has 0 spiro atoms. The smallest absolute Gasteiger partial charge is 0.364 e. The first-order valence-electron chi connectivity index (χ1n) is 11.8. The van der Waals surface area contributed by atoms with Crippen molar-refractivity contribution in [2.75, 3.05) is 19.8 Å². The van der Waals surface area contributed by atoms with Crippen LogP contribution < -0.4 is 11.5 Å². The molecule has 0 radical (unpaired) electrons. The number of nitrogens with two attached hydrogens (primary N) is 2. The Balaban J connectivity index is 1.68. The first-order valence-corrected chi connectivity index (χ1v) is 11.8. The topological polar surface area (TPSA) is 318 Å². The number of ether oxygens (including phenoxy) is 5. The largest absolute Gasteiger partial charge is 0.477 e. The molecule has 14 N–H and O–H groups in total. The molecule has 0 aromatic rings. The zero-order chi connectivity index (χ0) is 28.5. The molecular formula is C20H36N2O16.